The minimum absolute atomic E-state index is 0.102. The summed E-state index contributed by atoms with van der Waals surface area (Å²) in [6.07, 6.45) is 0. The first-order chi connectivity index (χ1) is 12.3. The van der Waals surface area contributed by atoms with Crippen molar-refractivity contribution in [2.75, 3.05) is 12.3 Å². The Kier molecular flexibility index (Phi) is 4.43. The molecule has 0 radical (unpaired) electrons. The molecule has 134 valence electrons. The normalized spacial score (nSPS) is 13.6. The predicted molar refractivity (Wildman–Crippen MR) is 89.3 cm³/mol. The molecular weight excluding hydrogens is 364 g/mol. The van der Waals surface area contributed by atoms with Crippen molar-refractivity contribution in [2.45, 2.75) is 0 Å². The highest BCUT2D eigenvalue weighted by atomic mass is 32.2. The summed E-state index contributed by atoms with van der Waals surface area (Å²) in [4.78, 5) is 35.6. The van der Waals surface area contributed by atoms with Crippen molar-refractivity contribution < 1.29 is 27.1 Å². The van der Waals surface area contributed by atoms with E-state index in [2.05, 4.69) is 0 Å². The number of para-hydroxylation sites is 1. The SMILES string of the molecule is O=C1c2cccc([N+](=O)[O-])c2C(=O)N1CCS(=O)(=O)Oc1ccccc1. The van der Waals surface area contributed by atoms with E-state index >= 15 is 0 Å². The third-order valence-electron chi connectivity index (χ3n) is 3.71. The van der Waals surface area contributed by atoms with Gasteiger partial charge in [-0.15, -0.1) is 0 Å². The van der Waals surface area contributed by atoms with Crippen molar-refractivity contribution in [3.63, 3.8) is 0 Å². The number of carbonyl (C=O) groups excluding carboxylic acids is 2. The van der Waals surface area contributed by atoms with Gasteiger partial charge in [-0.25, -0.2) is 0 Å². The summed E-state index contributed by atoms with van der Waals surface area (Å²) in [6, 6.07) is 11.5. The molecule has 1 aliphatic heterocycles. The van der Waals surface area contributed by atoms with E-state index in [1.807, 2.05) is 0 Å². The maximum absolute atomic E-state index is 12.4. The van der Waals surface area contributed by atoms with Crippen LogP contribution in [0.1, 0.15) is 20.7 Å². The first kappa shape index (κ1) is 17.5. The van der Waals surface area contributed by atoms with Crippen molar-refractivity contribution >= 4 is 27.6 Å². The number of amides is 2. The highest BCUT2D eigenvalue weighted by Crippen LogP contribution is 2.30. The van der Waals surface area contributed by atoms with Gasteiger partial charge in [-0.1, -0.05) is 24.3 Å². The van der Waals surface area contributed by atoms with Gasteiger partial charge >= 0.3 is 10.1 Å². The fourth-order valence-electron chi connectivity index (χ4n) is 2.54. The van der Waals surface area contributed by atoms with E-state index in [4.69, 9.17) is 4.18 Å². The maximum atomic E-state index is 12.4. The molecule has 2 aromatic rings. The Bertz CT molecular complexity index is 1000. The molecule has 26 heavy (non-hydrogen) atoms. The standard InChI is InChI=1S/C16H12N2O7S/c19-15-12-7-4-8-13(18(21)22)14(12)16(20)17(15)9-10-26(23,24)25-11-5-2-1-3-6-11/h1-8H,9-10H2. The topological polar surface area (TPSA) is 124 Å². The van der Waals surface area contributed by atoms with Crippen LogP contribution in [0, 0.1) is 10.1 Å². The lowest BCUT2D eigenvalue weighted by Gasteiger charge is -2.14. The number of nitro groups is 1. The third kappa shape index (κ3) is 3.26. The minimum atomic E-state index is -4.06. The van der Waals surface area contributed by atoms with Crippen LogP contribution in [-0.2, 0) is 10.1 Å². The van der Waals surface area contributed by atoms with Gasteiger partial charge < -0.3 is 4.18 Å². The largest absolute Gasteiger partial charge is 0.382 e. The van der Waals surface area contributed by atoms with Crippen LogP contribution >= 0.6 is 0 Å². The zero-order valence-electron chi connectivity index (χ0n) is 13.2. The lowest BCUT2D eigenvalue weighted by molar-refractivity contribution is -0.385. The Morgan fingerprint density at radius 3 is 2.35 bits per heavy atom. The van der Waals surface area contributed by atoms with Crippen molar-refractivity contribution in [2.24, 2.45) is 0 Å². The first-order valence-corrected chi connectivity index (χ1v) is 8.99. The fourth-order valence-corrected chi connectivity index (χ4v) is 3.43. The molecule has 0 fully saturated rings. The summed E-state index contributed by atoms with van der Waals surface area (Å²) in [5, 5.41) is 11.0. The molecule has 0 saturated heterocycles. The number of imide groups is 1. The Balaban J connectivity index is 1.77. The molecule has 0 atom stereocenters. The van der Waals surface area contributed by atoms with Gasteiger partial charge in [0.2, 0.25) is 0 Å². The van der Waals surface area contributed by atoms with Gasteiger partial charge in [0.15, 0.2) is 0 Å². The van der Waals surface area contributed by atoms with Crippen LogP contribution in [0.5, 0.6) is 5.75 Å². The molecule has 2 amide bonds. The number of hydrogen-bond donors (Lipinski definition) is 0. The van der Waals surface area contributed by atoms with E-state index in [9.17, 15) is 28.1 Å². The molecule has 1 aliphatic rings. The molecule has 9 nitrogen and oxygen atoms in total. The summed E-state index contributed by atoms with van der Waals surface area (Å²) < 4.78 is 29.0. The van der Waals surface area contributed by atoms with Crippen LogP contribution in [0.2, 0.25) is 0 Å². The molecule has 10 heteroatoms. The van der Waals surface area contributed by atoms with Crippen LogP contribution in [0.25, 0.3) is 0 Å². The molecule has 0 saturated carbocycles. The van der Waals surface area contributed by atoms with Gasteiger partial charge in [-0.05, 0) is 18.2 Å². The molecule has 0 aliphatic carbocycles. The highest BCUT2D eigenvalue weighted by Gasteiger charge is 2.41. The molecule has 1 heterocycles. The molecule has 2 aromatic carbocycles. The number of nitrogens with zero attached hydrogens (tertiary/aromatic N) is 2. The summed E-state index contributed by atoms with van der Waals surface area (Å²) in [5.41, 5.74) is -0.943. The van der Waals surface area contributed by atoms with E-state index in [-0.39, 0.29) is 16.9 Å². The second kappa shape index (κ2) is 6.56. The zero-order valence-corrected chi connectivity index (χ0v) is 14.0. The van der Waals surface area contributed by atoms with Crippen LogP contribution in [0.4, 0.5) is 5.69 Å². The molecule has 0 bridgehead atoms. The van der Waals surface area contributed by atoms with E-state index < -0.39 is 44.8 Å². The van der Waals surface area contributed by atoms with Gasteiger partial charge in [0, 0.05) is 12.6 Å². The molecule has 0 N–H and O–H groups in total. The first-order valence-electron chi connectivity index (χ1n) is 7.41. The van der Waals surface area contributed by atoms with Crippen LogP contribution in [0.3, 0.4) is 0 Å². The van der Waals surface area contributed by atoms with E-state index in [0.717, 1.165) is 6.07 Å². The average Bonchev–Trinajstić information content (AvgIpc) is 2.84. The Morgan fingerprint density at radius 2 is 1.69 bits per heavy atom. The van der Waals surface area contributed by atoms with Crippen LogP contribution in [0.15, 0.2) is 48.5 Å². The summed E-state index contributed by atoms with van der Waals surface area (Å²) in [7, 11) is -4.06. The summed E-state index contributed by atoms with van der Waals surface area (Å²) in [6.45, 7) is -0.474. The van der Waals surface area contributed by atoms with Crippen molar-refractivity contribution in [1.29, 1.82) is 0 Å². The van der Waals surface area contributed by atoms with Crippen molar-refractivity contribution in [3.8, 4) is 5.75 Å². The molecular formula is C16H12N2O7S. The number of carbonyl (C=O) groups is 2. The lowest BCUT2D eigenvalue weighted by atomic mass is 10.1. The smallest absolute Gasteiger partial charge is 0.310 e. The zero-order chi connectivity index (χ0) is 18.9. The quantitative estimate of drug-likeness (QED) is 0.324. The monoisotopic (exact) mass is 376 g/mol. The Labute approximate surface area is 148 Å². The maximum Gasteiger partial charge on any atom is 0.310 e. The number of rotatable bonds is 6. The number of fused-ring (bicyclic) bond motifs is 1. The van der Waals surface area contributed by atoms with Crippen molar-refractivity contribution in [3.05, 3.63) is 69.8 Å². The van der Waals surface area contributed by atoms with Gasteiger partial charge in [0.1, 0.15) is 17.1 Å². The molecule has 0 unspecified atom stereocenters. The number of benzene rings is 2. The van der Waals surface area contributed by atoms with E-state index in [1.165, 1.54) is 24.3 Å². The van der Waals surface area contributed by atoms with Gasteiger partial charge in [-0.2, -0.15) is 8.42 Å². The number of hydrogen-bond acceptors (Lipinski definition) is 7. The Morgan fingerprint density at radius 1 is 1.00 bits per heavy atom. The molecule has 0 aromatic heterocycles. The molecule has 3 rings (SSSR count). The minimum Gasteiger partial charge on any atom is -0.382 e. The lowest BCUT2D eigenvalue weighted by Crippen LogP contribution is -2.35. The summed E-state index contributed by atoms with van der Waals surface area (Å²) >= 11 is 0. The van der Waals surface area contributed by atoms with Crippen LogP contribution < -0.4 is 4.18 Å². The van der Waals surface area contributed by atoms with Crippen LogP contribution in [-0.4, -0.2) is 42.4 Å². The molecule has 0 spiro atoms. The van der Waals surface area contributed by atoms with E-state index in [0.29, 0.717) is 4.90 Å². The number of nitro benzene ring substituents is 1. The van der Waals surface area contributed by atoms with Gasteiger partial charge in [0.25, 0.3) is 17.5 Å². The predicted octanol–water partition coefficient (Wildman–Crippen LogP) is 1.60. The fraction of sp³-hybridized carbons (Fsp3) is 0.125. The highest BCUT2D eigenvalue weighted by molar-refractivity contribution is 7.87. The van der Waals surface area contributed by atoms with Gasteiger partial charge in [-0.3, -0.25) is 24.6 Å². The van der Waals surface area contributed by atoms with Crippen molar-refractivity contribution in [1.82, 2.24) is 4.90 Å². The summed E-state index contributed by atoms with van der Waals surface area (Å²) in [5.74, 6) is -2.21. The average molecular weight is 376 g/mol. The third-order valence-corrected chi connectivity index (χ3v) is 4.83. The van der Waals surface area contributed by atoms with E-state index in [1.54, 1.807) is 18.2 Å². The second-order valence-electron chi connectivity index (χ2n) is 5.38. The second-order valence-corrected chi connectivity index (χ2v) is 7.07. The Hall–Kier alpha value is -3.27. The van der Waals surface area contributed by atoms with Gasteiger partial charge in [0.05, 0.1) is 10.5 Å².